The van der Waals surface area contributed by atoms with Crippen molar-refractivity contribution in [2.24, 2.45) is 0 Å². The summed E-state index contributed by atoms with van der Waals surface area (Å²) in [5, 5.41) is 0. The summed E-state index contributed by atoms with van der Waals surface area (Å²) in [6.45, 7) is 4.44. The van der Waals surface area contributed by atoms with Crippen LogP contribution in [0.4, 0.5) is 0 Å². The molecule has 0 bridgehead atoms. The third-order valence-corrected chi connectivity index (χ3v) is 0.730. The third-order valence-electron chi connectivity index (χ3n) is 0.730. The molecule has 0 amide bonds. The summed E-state index contributed by atoms with van der Waals surface area (Å²) in [6.07, 6.45) is 0. The molecule has 0 heterocycles. The van der Waals surface area contributed by atoms with Crippen LogP contribution in [0.25, 0.3) is 0 Å². The van der Waals surface area contributed by atoms with E-state index in [1.165, 1.54) is 7.41 Å². The van der Waals surface area contributed by atoms with Crippen LogP contribution in [0.1, 0.15) is 13.8 Å². The maximum atomic E-state index is 2.22. The van der Waals surface area contributed by atoms with Gasteiger partial charge in [0.1, 0.15) is 0 Å². The molecule has 7 heavy (non-hydrogen) atoms. The fourth-order valence-corrected chi connectivity index (χ4v) is 0.730. The first kappa shape index (κ1) is 7.02. The van der Waals surface area contributed by atoms with E-state index in [2.05, 4.69) is 32.8 Å². The molecule has 0 aromatic carbocycles. The van der Waals surface area contributed by atoms with Gasteiger partial charge in [-0.15, -0.1) is 0 Å². The Morgan fingerprint density at radius 1 is 1.29 bits per heavy atom. The maximum Gasteiger partial charge on any atom is 0.206 e. The number of nitrogens with zero attached hydrogens (tertiary/aromatic N) is 1. The molecule has 0 saturated carbocycles. The monoisotopic (exact) mass is 99.1 g/mol. The molecule has 0 radical (unpaired) electrons. The smallest absolute Gasteiger partial charge is 0.206 e. The van der Waals surface area contributed by atoms with Crippen molar-refractivity contribution in [3.63, 3.8) is 0 Å². The highest BCUT2D eigenvalue weighted by Crippen LogP contribution is 1.95. The van der Waals surface area contributed by atoms with Crippen LogP contribution >= 0.6 is 0 Å². The molecule has 0 unspecified atom stereocenters. The van der Waals surface area contributed by atoms with E-state index in [1.54, 1.807) is 0 Å². The quantitative estimate of drug-likeness (QED) is 0.461. The summed E-state index contributed by atoms with van der Waals surface area (Å²) in [6, 6.07) is 0. The molecule has 0 saturated heterocycles. The van der Waals surface area contributed by atoms with E-state index < -0.39 is 0 Å². The summed E-state index contributed by atoms with van der Waals surface area (Å²) >= 11 is 0. The first-order chi connectivity index (χ1) is 3.13. The van der Waals surface area contributed by atoms with Gasteiger partial charge in [0.25, 0.3) is 0 Å². The second kappa shape index (κ2) is 3.08. The van der Waals surface area contributed by atoms with Gasteiger partial charge in [0.2, 0.25) is 7.41 Å². The minimum absolute atomic E-state index is 0.801. The van der Waals surface area contributed by atoms with Crippen molar-refractivity contribution in [2.45, 2.75) is 19.7 Å². The summed E-state index contributed by atoms with van der Waals surface area (Å²) in [7, 11) is 5.39. The normalized spacial score (nSPS) is 10.6. The molecule has 0 aliphatic rings. The molecule has 0 fully saturated rings. The van der Waals surface area contributed by atoms with E-state index in [-0.39, 0.29) is 0 Å². The average Bonchev–Trinajstić information content (AvgIpc) is 1.27. The Labute approximate surface area is 47.0 Å². The second-order valence-corrected chi connectivity index (χ2v) is 2.66. The van der Waals surface area contributed by atoms with Gasteiger partial charge < -0.3 is 4.81 Å². The predicted molar refractivity (Wildman–Crippen MR) is 35.9 cm³/mol. The average molecular weight is 99.0 g/mol. The highest BCUT2D eigenvalue weighted by atomic mass is 15.0. The van der Waals surface area contributed by atoms with Crippen LogP contribution in [-0.4, -0.2) is 26.3 Å². The Kier molecular flexibility index (Phi) is 3.09. The minimum Gasteiger partial charge on any atom is -0.350 e. The van der Waals surface area contributed by atoms with Crippen molar-refractivity contribution in [3.8, 4) is 0 Å². The van der Waals surface area contributed by atoms with E-state index >= 15 is 0 Å². The lowest BCUT2D eigenvalue weighted by Crippen LogP contribution is -2.19. The highest BCUT2D eigenvalue weighted by molar-refractivity contribution is 6.33. The first-order valence-corrected chi connectivity index (χ1v) is 2.77. The molecule has 0 atom stereocenters. The predicted octanol–water partition coefficient (Wildman–Crippen LogP) is 0.728. The molecule has 2 heteroatoms. The van der Waals surface area contributed by atoms with Gasteiger partial charge in [-0.25, -0.2) is 0 Å². The van der Waals surface area contributed by atoms with Crippen LogP contribution in [0, 0.1) is 0 Å². The topological polar surface area (TPSA) is 3.24 Å². The van der Waals surface area contributed by atoms with Gasteiger partial charge in [0, 0.05) is 0 Å². The van der Waals surface area contributed by atoms with Gasteiger partial charge >= 0.3 is 0 Å². The zero-order chi connectivity index (χ0) is 5.86. The van der Waals surface area contributed by atoms with Crippen molar-refractivity contribution in [1.82, 2.24) is 4.81 Å². The summed E-state index contributed by atoms with van der Waals surface area (Å²) in [4.78, 5) is 2.20. The van der Waals surface area contributed by atoms with Crippen LogP contribution in [0.3, 0.4) is 0 Å². The van der Waals surface area contributed by atoms with Gasteiger partial charge in [-0.2, -0.15) is 0 Å². The van der Waals surface area contributed by atoms with Crippen LogP contribution in [0.15, 0.2) is 0 Å². The Balaban J connectivity index is 2.95. The Morgan fingerprint density at radius 3 is 1.71 bits per heavy atom. The second-order valence-electron chi connectivity index (χ2n) is 2.66. The van der Waals surface area contributed by atoms with E-state index in [0.29, 0.717) is 0 Å². The molecule has 0 aliphatic carbocycles. The lowest BCUT2D eigenvalue weighted by Gasteiger charge is -2.08. The largest absolute Gasteiger partial charge is 0.350 e. The zero-order valence-electron chi connectivity index (χ0n) is 5.73. The van der Waals surface area contributed by atoms with Crippen molar-refractivity contribution in [2.75, 3.05) is 14.1 Å². The van der Waals surface area contributed by atoms with Gasteiger partial charge in [-0.1, -0.05) is 19.7 Å². The summed E-state index contributed by atoms with van der Waals surface area (Å²) in [5.41, 5.74) is 0. The van der Waals surface area contributed by atoms with Crippen molar-refractivity contribution < 1.29 is 0 Å². The van der Waals surface area contributed by atoms with Crippen molar-refractivity contribution >= 4 is 7.41 Å². The summed E-state index contributed by atoms with van der Waals surface area (Å²) in [5.74, 6) is 0.801. The zero-order valence-corrected chi connectivity index (χ0v) is 5.73. The summed E-state index contributed by atoms with van der Waals surface area (Å²) < 4.78 is 0. The lowest BCUT2D eigenvalue weighted by atomic mass is 9.77. The highest BCUT2D eigenvalue weighted by Gasteiger charge is 1.96. The van der Waals surface area contributed by atoms with Crippen LogP contribution in [0.5, 0.6) is 0 Å². The van der Waals surface area contributed by atoms with E-state index in [9.17, 15) is 0 Å². The third kappa shape index (κ3) is 6.02. The molecule has 42 valence electrons. The Morgan fingerprint density at radius 2 is 1.71 bits per heavy atom. The SMILES string of the molecule is CC(C)BN(C)C. The Hall–Kier alpha value is 0.0249. The van der Waals surface area contributed by atoms with Gasteiger partial charge in [-0.3, -0.25) is 0 Å². The van der Waals surface area contributed by atoms with Crippen molar-refractivity contribution in [3.05, 3.63) is 0 Å². The standard InChI is InChI=1S/C5H14BN/c1-5(2)6-7(3)4/h5-6H,1-4H3. The van der Waals surface area contributed by atoms with Gasteiger partial charge in [-0.05, 0) is 14.1 Å². The number of hydrogen-bond donors (Lipinski definition) is 0. The number of hydrogen-bond acceptors (Lipinski definition) is 1. The lowest BCUT2D eigenvalue weighted by molar-refractivity contribution is 0.646. The van der Waals surface area contributed by atoms with E-state index in [0.717, 1.165) is 5.82 Å². The fourth-order valence-electron chi connectivity index (χ4n) is 0.730. The molecular weight excluding hydrogens is 84.9 g/mol. The van der Waals surface area contributed by atoms with Crippen molar-refractivity contribution in [1.29, 1.82) is 0 Å². The van der Waals surface area contributed by atoms with Crippen LogP contribution in [-0.2, 0) is 0 Å². The van der Waals surface area contributed by atoms with Crippen LogP contribution < -0.4 is 0 Å². The van der Waals surface area contributed by atoms with E-state index in [4.69, 9.17) is 0 Å². The Bertz CT molecular complexity index is 37.3. The van der Waals surface area contributed by atoms with Gasteiger partial charge in [0.05, 0.1) is 0 Å². The molecular formula is C5H14BN. The maximum absolute atomic E-state index is 2.22. The molecule has 0 aliphatic heterocycles. The molecule has 0 spiro atoms. The molecule has 0 N–H and O–H groups in total. The molecule has 0 rings (SSSR count). The van der Waals surface area contributed by atoms with E-state index in [1.807, 2.05) is 0 Å². The molecule has 0 aromatic rings. The van der Waals surface area contributed by atoms with Crippen LogP contribution in [0.2, 0.25) is 5.82 Å². The fraction of sp³-hybridized carbons (Fsp3) is 1.00. The molecule has 1 nitrogen and oxygen atoms in total. The minimum atomic E-state index is 0.801. The van der Waals surface area contributed by atoms with Gasteiger partial charge in [0.15, 0.2) is 0 Å². The number of rotatable bonds is 2. The molecule has 0 aromatic heterocycles. The first-order valence-electron chi connectivity index (χ1n) is 2.77.